The molecule has 0 saturated carbocycles. The molecule has 0 radical (unpaired) electrons. The lowest BCUT2D eigenvalue weighted by Crippen LogP contribution is -2.58. The van der Waals surface area contributed by atoms with Gasteiger partial charge in [-0.15, -0.1) is 0 Å². The van der Waals surface area contributed by atoms with Gasteiger partial charge in [0.25, 0.3) is 10.2 Å². The van der Waals surface area contributed by atoms with Crippen molar-refractivity contribution in [3.63, 3.8) is 0 Å². The molecule has 1 amide bonds. The number of fused-ring (bicyclic) bond motifs is 1. The van der Waals surface area contributed by atoms with Crippen molar-refractivity contribution in [3.05, 3.63) is 11.9 Å². The van der Waals surface area contributed by atoms with Crippen LogP contribution in [0, 0.1) is 5.41 Å². The van der Waals surface area contributed by atoms with Crippen molar-refractivity contribution < 1.29 is 13.2 Å². The number of hydrogen-bond donors (Lipinski definition) is 2. The Morgan fingerprint density at radius 1 is 1.27 bits per heavy atom. The van der Waals surface area contributed by atoms with E-state index in [1.807, 2.05) is 0 Å². The zero-order valence-electron chi connectivity index (χ0n) is 11.8. The third-order valence-corrected chi connectivity index (χ3v) is 5.66. The Morgan fingerprint density at radius 2 is 2.05 bits per heavy atom. The van der Waals surface area contributed by atoms with Gasteiger partial charge >= 0.3 is 0 Å². The van der Waals surface area contributed by atoms with Crippen molar-refractivity contribution in [2.45, 2.75) is 12.8 Å². The number of nitrogens with one attached hydrogen (secondary N) is 1. The van der Waals surface area contributed by atoms with Gasteiger partial charge in [0, 0.05) is 37.2 Å². The molecule has 22 heavy (non-hydrogen) atoms. The molecule has 10 heteroatoms. The number of nitrogens with two attached hydrogens (primary N) is 1. The van der Waals surface area contributed by atoms with Crippen LogP contribution in [0.5, 0.6) is 0 Å². The van der Waals surface area contributed by atoms with E-state index in [1.54, 1.807) is 0 Å². The number of anilines is 2. The van der Waals surface area contributed by atoms with Crippen molar-refractivity contribution in [2.75, 3.05) is 36.4 Å². The van der Waals surface area contributed by atoms with Crippen LogP contribution in [0.3, 0.4) is 0 Å². The predicted molar refractivity (Wildman–Crippen MR) is 78.3 cm³/mol. The first kappa shape index (κ1) is 13.9. The van der Waals surface area contributed by atoms with Crippen LogP contribution < -0.4 is 15.4 Å². The Balaban J connectivity index is 1.51. The Morgan fingerprint density at radius 3 is 2.73 bits per heavy atom. The Bertz CT molecular complexity index is 758. The van der Waals surface area contributed by atoms with Crippen LogP contribution in [0.1, 0.15) is 12.0 Å². The molecular weight excluding hydrogens is 308 g/mol. The molecule has 1 aromatic rings. The number of carbonyl (C=O) groups is 1. The molecule has 0 atom stereocenters. The highest BCUT2D eigenvalue weighted by atomic mass is 32.2. The largest absolute Gasteiger partial charge is 0.355 e. The van der Waals surface area contributed by atoms with Crippen LogP contribution in [0.2, 0.25) is 0 Å². The van der Waals surface area contributed by atoms with E-state index in [0.717, 1.165) is 30.9 Å². The molecule has 0 bridgehead atoms. The van der Waals surface area contributed by atoms with Crippen LogP contribution in [0.25, 0.3) is 0 Å². The average Bonchev–Trinajstić information content (AvgIpc) is 2.98. The third-order valence-electron chi connectivity index (χ3n) is 4.63. The van der Waals surface area contributed by atoms with E-state index in [2.05, 4.69) is 20.2 Å². The van der Waals surface area contributed by atoms with Gasteiger partial charge in [-0.1, -0.05) is 0 Å². The second kappa shape index (κ2) is 4.37. The molecule has 0 aromatic carbocycles. The lowest BCUT2D eigenvalue weighted by molar-refractivity contribution is -0.115. The van der Waals surface area contributed by atoms with Crippen molar-refractivity contribution in [1.82, 2.24) is 14.3 Å². The van der Waals surface area contributed by atoms with Crippen LogP contribution in [0.4, 0.5) is 11.6 Å². The molecule has 2 saturated heterocycles. The van der Waals surface area contributed by atoms with E-state index >= 15 is 0 Å². The normalized spacial score (nSPS) is 23.5. The van der Waals surface area contributed by atoms with Crippen molar-refractivity contribution in [2.24, 2.45) is 10.6 Å². The number of rotatable bonds is 2. The minimum Gasteiger partial charge on any atom is -0.355 e. The molecule has 3 aliphatic rings. The van der Waals surface area contributed by atoms with E-state index in [9.17, 15) is 13.2 Å². The first-order chi connectivity index (χ1) is 10.4. The first-order valence-electron chi connectivity index (χ1n) is 7.03. The Hall–Kier alpha value is -1.78. The number of nitrogens with zero attached hydrogens (tertiary/aromatic N) is 4. The summed E-state index contributed by atoms with van der Waals surface area (Å²) in [6, 6.07) is 0. The lowest BCUT2D eigenvalue weighted by Gasteiger charge is -2.49. The predicted octanol–water partition coefficient (Wildman–Crippen LogP) is -1.31. The van der Waals surface area contributed by atoms with Gasteiger partial charge < -0.3 is 10.2 Å². The zero-order valence-corrected chi connectivity index (χ0v) is 12.6. The number of hydrogen-bond acceptors (Lipinski definition) is 6. The van der Waals surface area contributed by atoms with Crippen LogP contribution >= 0.6 is 0 Å². The van der Waals surface area contributed by atoms with E-state index < -0.39 is 10.2 Å². The molecule has 2 fully saturated rings. The lowest BCUT2D eigenvalue weighted by atomic mass is 9.79. The molecule has 118 valence electrons. The van der Waals surface area contributed by atoms with Crippen molar-refractivity contribution in [3.8, 4) is 0 Å². The molecule has 4 rings (SSSR count). The Labute approximate surface area is 127 Å². The maximum Gasteiger partial charge on any atom is 0.276 e. The molecule has 0 unspecified atom stereocenters. The van der Waals surface area contributed by atoms with Gasteiger partial charge in [-0.05, 0) is 6.42 Å². The molecule has 3 aliphatic heterocycles. The van der Waals surface area contributed by atoms with Gasteiger partial charge in [-0.25, -0.2) is 15.1 Å². The Kier molecular flexibility index (Phi) is 2.75. The molecule has 4 heterocycles. The molecule has 1 aromatic heterocycles. The average molecular weight is 324 g/mol. The van der Waals surface area contributed by atoms with Crippen LogP contribution in [-0.4, -0.2) is 54.8 Å². The number of amides is 1. The van der Waals surface area contributed by atoms with Gasteiger partial charge in [0.05, 0.1) is 6.42 Å². The molecule has 1 spiro atoms. The quantitative estimate of drug-likeness (QED) is 0.696. The summed E-state index contributed by atoms with van der Waals surface area (Å²) in [4.78, 5) is 21.9. The highest BCUT2D eigenvalue weighted by Gasteiger charge is 2.50. The number of carbonyl (C=O) groups excluding carboxylic acids is 1. The SMILES string of the molecule is NS(=O)(=O)N1CCC2(CN(c3ncnc4c3CC(=O)N4)C2)C1. The highest BCUT2D eigenvalue weighted by molar-refractivity contribution is 7.86. The van der Waals surface area contributed by atoms with Crippen LogP contribution in [0.15, 0.2) is 6.33 Å². The van der Waals surface area contributed by atoms with E-state index in [0.29, 0.717) is 18.9 Å². The van der Waals surface area contributed by atoms with Crippen molar-refractivity contribution >= 4 is 27.8 Å². The van der Waals surface area contributed by atoms with Gasteiger partial charge in [0.15, 0.2) is 0 Å². The summed E-state index contributed by atoms with van der Waals surface area (Å²) in [7, 11) is -3.61. The first-order valence-corrected chi connectivity index (χ1v) is 8.53. The van der Waals surface area contributed by atoms with Gasteiger partial charge in [0.2, 0.25) is 5.91 Å². The summed E-state index contributed by atoms with van der Waals surface area (Å²) in [6.07, 6.45) is 2.53. The van der Waals surface area contributed by atoms with Crippen LogP contribution in [-0.2, 0) is 21.4 Å². The van der Waals surface area contributed by atoms with Crippen molar-refractivity contribution in [1.29, 1.82) is 0 Å². The fourth-order valence-corrected chi connectivity index (χ4v) is 4.37. The summed E-state index contributed by atoms with van der Waals surface area (Å²) in [5.41, 5.74) is 0.768. The smallest absolute Gasteiger partial charge is 0.276 e. The summed E-state index contributed by atoms with van der Waals surface area (Å²) in [6.45, 7) is 2.36. The van der Waals surface area contributed by atoms with E-state index in [1.165, 1.54) is 10.6 Å². The summed E-state index contributed by atoms with van der Waals surface area (Å²) in [5, 5.41) is 7.90. The minimum absolute atomic E-state index is 0.0552. The molecular formula is C12H16N6O3S. The van der Waals surface area contributed by atoms with E-state index in [-0.39, 0.29) is 17.7 Å². The highest BCUT2D eigenvalue weighted by Crippen LogP contribution is 2.43. The fraction of sp³-hybridized carbons (Fsp3) is 0.583. The van der Waals surface area contributed by atoms with Gasteiger partial charge in [0.1, 0.15) is 18.0 Å². The number of aromatic nitrogens is 2. The molecule has 9 nitrogen and oxygen atoms in total. The molecule has 0 aliphatic carbocycles. The summed E-state index contributed by atoms with van der Waals surface area (Å²) >= 11 is 0. The van der Waals surface area contributed by atoms with E-state index in [4.69, 9.17) is 5.14 Å². The third kappa shape index (κ3) is 2.06. The second-order valence-corrected chi connectivity index (χ2v) is 7.78. The second-order valence-electron chi connectivity index (χ2n) is 6.23. The fourth-order valence-electron chi connectivity index (χ4n) is 3.57. The van der Waals surface area contributed by atoms with Gasteiger partial charge in [-0.3, -0.25) is 4.79 Å². The molecule has 3 N–H and O–H groups in total. The zero-order chi connectivity index (χ0) is 15.5. The minimum atomic E-state index is -3.61. The monoisotopic (exact) mass is 324 g/mol. The maximum absolute atomic E-state index is 11.5. The van der Waals surface area contributed by atoms with Gasteiger partial charge in [-0.2, -0.15) is 12.7 Å². The standard InChI is InChI=1S/C12H16N6O3S/c13-22(20,21)18-2-1-12(6-18)4-17(5-12)11-8-3-9(19)16-10(8)14-7-15-11/h7H,1-6H2,(H2,13,20,21)(H,14,15,16,19). The summed E-state index contributed by atoms with van der Waals surface area (Å²) in [5.74, 6) is 1.27. The maximum atomic E-state index is 11.5. The topological polar surface area (TPSA) is 122 Å². The summed E-state index contributed by atoms with van der Waals surface area (Å²) < 4.78 is 24.2.